The van der Waals surface area contributed by atoms with Crippen molar-refractivity contribution in [3.8, 4) is 0 Å². The summed E-state index contributed by atoms with van der Waals surface area (Å²) in [6, 6.07) is 0. The lowest BCUT2D eigenvalue weighted by Crippen LogP contribution is -2.16. The average molecular weight is 238 g/mol. The van der Waals surface area contributed by atoms with E-state index in [1.54, 1.807) is 7.11 Å². The Morgan fingerprint density at radius 1 is 1.35 bits per heavy atom. The Morgan fingerprint density at radius 3 is 2.82 bits per heavy atom. The van der Waals surface area contributed by atoms with E-state index in [9.17, 15) is 0 Å². The molecule has 5 heteroatoms. The van der Waals surface area contributed by atoms with Crippen LogP contribution in [0.1, 0.15) is 24.6 Å². The molecule has 0 fully saturated rings. The van der Waals surface area contributed by atoms with Crippen molar-refractivity contribution < 1.29 is 4.74 Å². The van der Waals surface area contributed by atoms with Crippen LogP contribution in [0.15, 0.2) is 6.20 Å². The predicted molar refractivity (Wildman–Crippen MR) is 69.1 cm³/mol. The quantitative estimate of drug-likeness (QED) is 0.669. The van der Waals surface area contributed by atoms with Gasteiger partial charge in [0.2, 0.25) is 5.95 Å². The molecule has 0 aliphatic rings. The van der Waals surface area contributed by atoms with E-state index in [0.29, 0.717) is 12.6 Å². The second kappa shape index (κ2) is 7.97. The fraction of sp³-hybridized carbons (Fsp3) is 0.667. The van der Waals surface area contributed by atoms with Crippen LogP contribution >= 0.6 is 0 Å². The Kier molecular flexibility index (Phi) is 6.50. The molecular formula is C12H22N4O. The maximum absolute atomic E-state index is 4.95. The molecule has 0 aliphatic carbocycles. The van der Waals surface area contributed by atoms with Gasteiger partial charge in [0.05, 0.1) is 6.61 Å². The number of hydrogen-bond acceptors (Lipinski definition) is 5. The van der Waals surface area contributed by atoms with E-state index < -0.39 is 0 Å². The van der Waals surface area contributed by atoms with Gasteiger partial charge in [-0.2, -0.15) is 0 Å². The monoisotopic (exact) mass is 238 g/mol. The minimum Gasteiger partial charge on any atom is -0.383 e. The number of hydrogen-bond donors (Lipinski definition) is 2. The average Bonchev–Trinajstić information content (AvgIpc) is 2.32. The summed E-state index contributed by atoms with van der Waals surface area (Å²) in [5.74, 6) is 0.666. The lowest BCUT2D eigenvalue weighted by molar-refractivity contribution is 0.210. The summed E-state index contributed by atoms with van der Waals surface area (Å²) in [4.78, 5) is 8.68. The van der Waals surface area contributed by atoms with Crippen molar-refractivity contribution in [2.24, 2.45) is 0 Å². The number of nitrogens with one attached hydrogen (secondary N) is 2. The minimum atomic E-state index is 0.655. The van der Waals surface area contributed by atoms with Crippen LogP contribution in [0, 0.1) is 6.92 Å². The van der Waals surface area contributed by atoms with Gasteiger partial charge in [-0.05, 0) is 19.9 Å². The lowest BCUT2D eigenvalue weighted by atomic mass is 10.2. The summed E-state index contributed by atoms with van der Waals surface area (Å²) in [6.07, 6.45) is 3.01. The van der Waals surface area contributed by atoms with E-state index in [0.717, 1.165) is 37.3 Å². The highest BCUT2D eigenvalue weighted by Crippen LogP contribution is 2.06. The fourth-order valence-electron chi connectivity index (χ4n) is 1.42. The normalized spacial score (nSPS) is 10.5. The van der Waals surface area contributed by atoms with Gasteiger partial charge in [-0.25, -0.2) is 9.97 Å². The molecule has 1 heterocycles. The Morgan fingerprint density at radius 2 is 2.18 bits per heavy atom. The van der Waals surface area contributed by atoms with Gasteiger partial charge in [0, 0.05) is 37.7 Å². The second-order valence-electron chi connectivity index (χ2n) is 3.90. The molecule has 0 atom stereocenters. The summed E-state index contributed by atoms with van der Waals surface area (Å²) < 4.78 is 4.95. The SMILES string of the molecule is CCCNCc1cnc(NCCOC)nc1C. The Balaban J connectivity index is 2.47. The third kappa shape index (κ3) is 5.10. The summed E-state index contributed by atoms with van der Waals surface area (Å²) in [5.41, 5.74) is 2.17. The van der Waals surface area contributed by atoms with Gasteiger partial charge in [-0.3, -0.25) is 0 Å². The molecule has 0 unspecified atom stereocenters. The molecule has 1 aromatic rings. The van der Waals surface area contributed by atoms with Crippen molar-refractivity contribution in [2.45, 2.75) is 26.8 Å². The van der Waals surface area contributed by atoms with Crippen molar-refractivity contribution in [1.29, 1.82) is 0 Å². The van der Waals surface area contributed by atoms with Crippen molar-refractivity contribution in [3.05, 3.63) is 17.5 Å². The van der Waals surface area contributed by atoms with Gasteiger partial charge < -0.3 is 15.4 Å². The molecule has 1 rings (SSSR count). The van der Waals surface area contributed by atoms with Gasteiger partial charge in [0.1, 0.15) is 0 Å². The number of methoxy groups -OCH3 is 1. The van der Waals surface area contributed by atoms with Crippen molar-refractivity contribution in [1.82, 2.24) is 15.3 Å². The van der Waals surface area contributed by atoms with Crippen LogP contribution in [-0.2, 0) is 11.3 Å². The first-order valence-electron chi connectivity index (χ1n) is 6.04. The zero-order chi connectivity index (χ0) is 12.5. The van der Waals surface area contributed by atoms with Gasteiger partial charge in [0.25, 0.3) is 0 Å². The molecule has 17 heavy (non-hydrogen) atoms. The Labute approximate surface area is 103 Å². The van der Waals surface area contributed by atoms with E-state index >= 15 is 0 Å². The smallest absolute Gasteiger partial charge is 0.222 e. The van der Waals surface area contributed by atoms with Crippen LogP contribution < -0.4 is 10.6 Å². The number of anilines is 1. The molecule has 2 N–H and O–H groups in total. The highest BCUT2D eigenvalue weighted by Gasteiger charge is 2.02. The molecule has 0 saturated carbocycles. The number of ether oxygens (including phenoxy) is 1. The fourth-order valence-corrected chi connectivity index (χ4v) is 1.42. The third-order valence-corrected chi connectivity index (χ3v) is 2.41. The predicted octanol–water partition coefficient (Wildman–Crippen LogP) is 1.34. The second-order valence-corrected chi connectivity index (χ2v) is 3.90. The van der Waals surface area contributed by atoms with Crippen LogP contribution in [0.5, 0.6) is 0 Å². The molecule has 96 valence electrons. The molecule has 5 nitrogen and oxygen atoms in total. The molecular weight excluding hydrogens is 216 g/mol. The van der Waals surface area contributed by atoms with Gasteiger partial charge in [-0.15, -0.1) is 0 Å². The van der Waals surface area contributed by atoms with Gasteiger partial charge in [-0.1, -0.05) is 6.92 Å². The summed E-state index contributed by atoms with van der Waals surface area (Å²) >= 11 is 0. The molecule has 0 radical (unpaired) electrons. The van der Waals surface area contributed by atoms with Gasteiger partial charge in [0.15, 0.2) is 0 Å². The van der Waals surface area contributed by atoms with Crippen molar-refractivity contribution >= 4 is 5.95 Å². The zero-order valence-electron chi connectivity index (χ0n) is 10.9. The maximum Gasteiger partial charge on any atom is 0.222 e. The molecule has 1 aromatic heterocycles. The molecule has 0 aliphatic heterocycles. The van der Waals surface area contributed by atoms with E-state index in [-0.39, 0.29) is 0 Å². The highest BCUT2D eigenvalue weighted by atomic mass is 16.5. The number of aryl methyl sites for hydroxylation is 1. The maximum atomic E-state index is 4.95. The highest BCUT2D eigenvalue weighted by molar-refractivity contribution is 5.28. The molecule has 0 saturated heterocycles. The number of rotatable bonds is 8. The first-order valence-corrected chi connectivity index (χ1v) is 6.04. The summed E-state index contributed by atoms with van der Waals surface area (Å²) in [6.45, 7) is 7.39. The van der Waals surface area contributed by atoms with E-state index in [1.807, 2.05) is 13.1 Å². The first-order chi connectivity index (χ1) is 8.27. The lowest BCUT2D eigenvalue weighted by Gasteiger charge is -2.09. The van der Waals surface area contributed by atoms with E-state index in [2.05, 4.69) is 27.5 Å². The largest absolute Gasteiger partial charge is 0.383 e. The van der Waals surface area contributed by atoms with Crippen LogP contribution in [0.2, 0.25) is 0 Å². The van der Waals surface area contributed by atoms with Gasteiger partial charge >= 0.3 is 0 Å². The molecule has 0 amide bonds. The zero-order valence-corrected chi connectivity index (χ0v) is 10.9. The van der Waals surface area contributed by atoms with Crippen LogP contribution in [0.25, 0.3) is 0 Å². The van der Waals surface area contributed by atoms with Crippen LogP contribution in [0.4, 0.5) is 5.95 Å². The van der Waals surface area contributed by atoms with Crippen LogP contribution in [-0.4, -0.2) is 36.8 Å². The Hall–Kier alpha value is -1.20. The number of aromatic nitrogens is 2. The third-order valence-electron chi connectivity index (χ3n) is 2.41. The van der Waals surface area contributed by atoms with Crippen molar-refractivity contribution in [2.75, 3.05) is 32.1 Å². The van der Waals surface area contributed by atoms with E-state index in [4.69, 9.17) is 4.74 Å². The minimum absolute atomic E-state index is 0.655. The molecule has 0 spiro atoms. The standard InChI is InChI=1S/C12H22N4O/c1-4-5-13-8-11-9-15-12(16-10(11)2)14-6-7-17-3/h9,13H,4-8H2,1-3H3,(H,14,15,16). The topological polar surface area (TPSA) is 59.1 Å². The Bertz CT molecular complexity index is 330. The first kappa shape index (κ1) is 13.9. The van der Waals surface area contributed by atoms with Crippen LogP contribution in [0.3, 0.4) is 0 Å². The van der Waals surface area contributed by atoms with Crippen molar-refractivity contribution in [3.63, 3.8) is 0 Å². The number of nitrogens with zero attached hydrogens (tertiary/aromatic N) is 2. The molecule has 0 bridgehead atoms. The van der Waals surface area contributed by atoms with E-state index in [1.165, 1.54) is 0 Å². The summed E-state index contributed by atoms with van der Waals surface area (Å²) in [7, 11) is 1.68. The summed E-state index contributed by atoms with van der Waals surface area (Å²) in [5, 5.41) is 6.46. The molecule has 0 aromatic carbocycles.